The van der Waals surface area contributed by atoms with Gasteiger partial charge in [0.15, 0.2) is 10.8 Å². The van der Waals surface area contributed by atoms with E-state index in [1.165, 1.54) is 42.1 Å². The summed E-state index contributed by atoms with van der Waals surface area (Å²) in [5.41, 5.74) is 1.43. The van der Waals surface area contributed by atoms with Gasteiger partial charge in [0.1, 0.15) is 35.0 Å². The fourth-order valence-electron chi connectivity index (χ4n) is 5.96. The number of nitrogens with one attached hydrogen (secondary N) is 2. The smallest absolute Gasteiger partial charge is 0.409 e. The molecular weight excluding hydrogens is 712 g/mol. The number of carbonyl (C=O) groups is 4. The van der Waals surface area contributed by atoms with Crippen molar-refractivity contribution in [2.45, 2.75) is 17.0 Å². The zero-order valence-electron chi connectivity index (χ0n) is 27.9. The van der Waals surface area contributed by atoms with E-state index in [1.54, 1.807) is 5.38 Å². The quantitative estimate of drug-likeness (QED) is 0.0762. The SMILES string of the molecule is CN(C)C(=O)OCC1=C(C(=O)O)N2C(=O)[C@@H](NC(=O)/C(=N\OCF)c3csc(NC(c4ccccc4)(c4ccccc4)c4ccccc4)n3)[C@H]2SC1. The molecule has 4 aromatic rings. The van der Waals surface area contributed by atoms with Crippen LogP contribution in [0.1, 0.15) is 22.4 Å². The molecule has 3 amide bonds. The first-order valence-corrected chi connectivity index (χ1v) is 17.8. The number of nitrogens with zero attached hydrogens (tertiary/aromatic N) is 4. The number of halogens is 1. The third kappa shape index (κ3) is 7.07. The number of ether oxygens (including phenoxy) is 1. The summed E-state index contributed by atoms with van der Waals surface area (Å²) in [6.45, 7) is -1.65. The number of β-lactam (4-membered cyclic amide) rings is 1. The summed E-state index contributed by atoms with van der Waals surface area (Å²) in [5.74, 6) is -2.82. The highest BCUT2D eigenvalue weighted by Gasteiger charge is 2.54. The van der Waals surface area contributed by atoms with Crippen LogP contribution in [0.5, 0.6) is 0 Å². The Morgan fingerprint density at radius 2 is 1.58 bits per heavy atom. The van der Waals surface area contributed by atoms with Crippen molar-refractivity contribution in [2.24, 2.45) is 5.16 Å². The summed E-state index contributed by atoms with van der Waals surface area (Å²) in [6, 6.07) is 28.3. The lowest BCUT2D eigenvalue weighted by molar-refractivity contribution is -0.150. The van der Waals surface area contributed by atoms with Crippen molar-refractivity contribution in [2.75, 3.05) is 38.6 Å². The Morgan fingerprint density at radius 1 is 1.00 bits per heavy atom. The Labute approximate surface area is 306 Å². The number of benzene rings is 3. The van der Waals surface area contributed by atoms with E-state index in [9.17, 15) is 28.7 Å². The maximum atomic E-state index is 13.7. The van der Waals surface area contributed by atoms with E-state index in [4.69, 9.17) is 4.74 Å². The number of carboxylic acid groups (broad SMARTS) is 1. The molecule has 2 aliphatic rings. The van der Waals surface area contributed by atoms with Crippen molar-refractivity contribution < 1.29 is 38.2 Å². The van der Waals surface area contributed by atoms with Crippen LogP contribution in [0, 0.1) is 0 Å². The minimum atomic E-state index is -1.38. The van der Waals surface area contributed by atoms with E-state index in [-0.39, 0.29) is 35.0 Å². The number of carbonyl (C=O) groups excluding carboxylic acids is 3. The Hall–Kier alpha value is -5.74. The number of hydrogen-bond acceptors (Lipinski definition) is 11. The number of amides is 3. The minimum absolute atomic E-state index is 0.0533. The molecule has 2 aliphatic heterocycles. The number of aliphatic carboxylic acids is 1. The Balaban J connectivity index is 1.27. The molecule has 0 bridgehead atoms. The van der Waals surface area contributed by atoms with Crippen molar-refractivity contribution in [3.05, 3.63) is 130 Å². The molecule has 3 N–H and O–H groups in total. The van der Waals surface area contributed by atoms with Gasteiger partial charge in [-0.15, -0.1) is 23.1 Å². The van der Waals surface area contributed by atoms with Crippen LogP contribution in [0.3, 0.4) is 0 Å². The molecule has 1 fully saturated rings. The normalized spacial score (nSPS) is 17.1. The second kappa shape index (κ2) is 15.7. The number of hydrogen-bond donors (Lipinski definition) is 3. The van der Waals surface area contributed by atoms with Gasteiger partial charge in [0.2, 0.25) is 0 Å². The summed E-state index contributed by atoms with van der Waals surface area (Å²) < 4.78 is 18.4. The zero-order chi connectivity index (χ0) is 36.8. The molecule has 1 saturated heterocycles. The number of thiazole rings is 1. The third-order valence-electron chi connectivity index (χ3n) is 8.35. The van der Waals surface area contributed by atoms with Crippen LogP contribution in [0.15, 0.2) is 113 Å². The molecule has 2 atom stereocenters. The number of carboxylic acids is 1. The predicted octanol–water partition coefficient (Wildman–Crippen LogP) is 4.63. The molecule has 0 saturated carbocycles. The molecule has 16 heteroatoms. The fraction of sp³-hybridized carbons (Fsp3) is 0.222. The highest BCUT2D eigenvalue weighted by molar-refractivity contribution is 8.00. The molecule has 13 nitrogen and oxygen atoms in total. The van der Waals surface area contributed by atoms with Crippen LogP contribution >= 0.6 is 23.1 Å². The molecule has 268 valence electrons. The maximum Gasteiger partial charge on any atom is 0.409 e. The number of thioether (sulfide) groups is 1. The largest absolute Gasteiger partial charge is 0.477 e. The van der Waals surface area contributed by atoms with Gasteiger partial charge >= 0.3 is 12.1 Å². The lowest BCUT2D eigenvalue weighted by Gasteiger charge is -2.49. The van der Waals surface area contributed by atoms with Crippen molar-refractivity contribution in [3.63, 3.8) is 0 Å². The van der Waals surface area contributed by atoms with Gasteiger partial charge in [-0.2, -0.15) is 0 Å². The monoisotopic (exact) mass is 744 g/mol. The van der Waals surface area contributed by atoms with Crippen molar-refractivity contribution >= 4 is 57.8 Å². The summed E-state index contributed by atoms with van der Waals surface area (Å²) in [4.78, 5) is 62.7. The minimum Gasteiger partial charge on any atom is -0.477 e. The summed E-state index contributed by atoms with van der Waals surface area (Å²) >= 11 is 2.38. The standard InChI is InChI=1S/C36H33FN6O7S2/c1-42(2)35(48)49-18-22-19-51-32-28(31(45)43(32)29(22)33(46)47)39-30(44)27(41-50-21-37)26-20-52-34(38-26)40-36(23-12-6-3-7-13-23,24-14-8-4-9-15-24)25-16-10-5-11-17-25/h3-17,20,28,32H,18-19,21H2,1-2H3,(H,38,40)(H,39,44)(H,46,47)/b41-27-/t28-,32-/m1/s1. The van der Waals surface area contributed by atoms with Crippen molar-refractivity contribution in [1.29, 1.82) is 0 Å². The molecule has 3 aromatic carbocycles. The van der Waals surface area contributed by atoms with Crippen LogP contribution in [0.25, 0.3) is 0 Å². The summed E-state index contributed by atoms with van der Waals surface area (Å²) in [6.07, 6.45) is -0.668. The van der Waals surface area contributed by atoms with Crippen molar-refractivity contribution in [3.8, 4) is 0 Å². The average molecular weight is 745 g/mol. The fourth-order valence-corrected chi connectivity index (χ4v) is 8.03. The molecule has 52 heavy (non-hydrogen) atoms. The second-order valence-corrected chi connectivity index (χ2v) is 13.7. The van der Waals surface area contributed by atoms with E-state index in [1.807, 2.05) is 91.0 Å². The number of rotatable bonds is 13. The first-order valence-electron chi connectivity index (χ1n) is 15.9. The molecule has 1 aromatic heterocycles. The molecule has 0 spiro atoms. The van der Waals surface area contributed by atoms with Gasteiger partial charge in [-0.3, -0.25) is 14.5 Å². The molecular formula is C36H33FN6O7S2. The van der Waals surface area contributed by atoms with Crippen LogP contribution in [0.4, 0.5) is 14.3 Å². The van der Waals surface area contributed by atoms with Crippen LogP contribution in [-0.2, 0) is 29.5 Å². The van der Waals surface area contributed by atoms with Crippen LogP contribution in [-0.4, -0.2) is 94.2 Å². The van der Waals surface area contributed by atoms with Gasteiger partial charge in [0.25, 0.3) is 18.7 Å². The van der Waals surface area contributed by atoms with Gasteiger partial charge in [-0.1, -0.05) is 96.2 Å². The van der Waals surface area contributed by atoms with Gasteiger partial charge in [-0.05, 0) is 16.7 Å². The van der Waals surface area contributed by atoms with Gasteiger partial charge < -0.3 is 30.2 Å². The molecule has 0 aliphatic carbocycles. The molecule has 0 unspecified atom stereocenters. The van der Waals surface area contributed by atoms with Gasteiger partial charge in [0, 0.05) is 30.8 Å². The van der Waals surface area contributed by atoms with Gasteiger partial charge in [-0.25, -0.2) is 19.0 Å². The second-order valence-electron chi connectivity index (χ2n) is 11.8. The first-order chi connectivity index (χ1) is 25.1. The zero-order valence-corrected chi connectivity index (χ0v) is 29.5. The number of fused-ring (bicyclic) bond motifs is 1. The maximum absolute atomic E-state index is 13.7. The van der Waals surface area contributed by atoms with Crippen molar-refractivity contribution in [1.82, 2.24) is 20.1 Å². The third-order valence-corrected chi connectivity index (χ3v) is 10.5. The Morgan fingerprint density at radius 3 is 2.10 bits per heavy atom. The Bertz CT molecular complexity index is 1910. The first kappa shape index (κ1) is 36.1. The predicted molar refractivity (Wildman–Crippen MR) is 193 cm³/mol. The van der Waals surface area contributed by atoms with E-state index in [0.29, 0.717) is 5.13 Å². The molecule has 3 heterocycles. The van der Waals surface area contributed by atoms with E-state index in [0.717, 1.165) is 21.6 Å². The summed E-state index contributed by atoms with van der Waals surface area (Å²) in [5, 5.41) is 21.1. The molecule has 6 rings (SSSR count). The number of anilines is 1. The topological polar surface area (TPSA) is 163 Å². The number of aromatic nitrogens is 1. The van der Waals surface area contributed by atoms with E-state index < -0.39 is 47.7 Å². The van der Waals surface area contributed by atoms with Crippen LogP contribution in [0.2, 0.25) is 0 Å². The highest BCUT2D eigenvalue weighted by atomic mass is 32.2. The van der Waals surface area contributed by atoms with Gasteiger partial charge in [0.05, 0.1) is 0 Å². The number of oxime groups is 1. The number of alkyl halides is 1. The van der Waals surface area contributed by atoms with E-state index in [2.05, 4.69) is 25.6 Å². The van der Waals surface area contributed by atoms with Crippen LogP contribution < -0.4 is 10.6 Å². The lowest BCUT2D eigenvalue weighted by atomic mass is 9.77. The van der Waals surface area contributed by atoms with E-state index >= 15 is 0 Å². The average Bonchev–Trinajstić information content (AvgIpc) is 3.63. The highest BCUT2D eigenvalue weighted by Crippen LogP contribution is 2.42. The molecule has 0 radical (unpaired) electrons. The Kier molecular flexibility index (Phi) is 10.9. The lowest BCUT2D eigenvalue weighted by Crippen LogP contribution is -2.71. The summed E-state index contributed by atoms with van der Waals surface area (Å²) in [7, 11) is 2.97.